The number of methoxy groups -OCH3 is 1. The number of rotatable bonds is 6. The van der Waals surface area contributed by atoms with Gasteiger partial charge in [-0.3, -0.25) is 14.4 Å². The molecule has 0 aromatic heterocycles. The number of carbonyl (C=O) groups is 4. The molecule has 9 nitrogen and oxygen atoms in total. The first-order valence-electron chi connectivity index (χ1n) is 11.8. The lowest BCUT2D eigenvalue weighted by molar-refractivity contribution is -0.175. The van der Waals surface area contributed by atoms with Gasteiger partial charge in [0, 0.05) is 30.9 Å². The molecule has 1 aliphatic carbocycles. The van der Waals surface area contributed by atoms with Gasteiger partial charge in [-0.2, -0.15) is 0 Å². The second-order valence-corrected chi connectivity index (χ2v) is 9.99. The molecule has 0 radical (unpaired) electrons. The fourth-order valence-electron chi connectivity index (χ4n) is 4.91. The third-order valence-corrected chi connectivity index (χ3v) is 7.24. The summed E-state index contributed by atoms with van der Waals surface area (Å²) in [6.45, 7) is 9.40. The van der Waals surface area contributed by atoms with E-state index in [0.717, 1.165) is 0 Å². The van der Waals surface area contributed by atoms with Crippen molar-refractivity contribution in [3.8, 4) is 0 Å². The van der Waals surface area contributed by atoms with Gasteiger partial charge < -0.3 is 24.4 Å². The van der Waals surface area contributed by atoms with E-state index in [-0.39, 0.29) is 19.4 Å². The summed E-state index contributed by atoms with van der Waals surface area (Å²) in [4.78, 5) is 51.9. The molecule has 9 heteroatoms. The number of carbonyl (C=O) groups excluding carboxylic acids is 4. The Morgan fingerprint density at radius 1 is 1.29 bits per heavy atom. The highest BCUT2D eigenvalue weighted by Crippen LogP contribution is 2.44. The molecule has 1 heterocycles. The summed E-state index contributed by atoms with van der Waals surface area (Å²) in [5, 5.41) is 22.9. The average Bonchev–Trinajstić information content (AvgIpc) is 3.08. The van der Waals surface area contributed by atoms with E-state index >= 15 is 0 Å². The van der Waals surface area contributed by atoms with Gasteiger partial charge in [0.1, 0.15) is 23.6 Å². The fraction of sp³-hybridized carbons (Fsp3) is 0.760. The Hall–Kier alpha value is -2.10. The summed E-state index contributed by atoms with van der Waals surface area (Å²) in [6.07, 6.45) is -2.11. The van der Waals surface area contributed by atoms with E-state index in [9.17, 15) is 29.4 Å². The number of esters is 2. The van der Waals surface area contributed by atoms with Crippen molar-refractivity contribution < 1.29 is 43.6 Å². The zero-order valence-electron chi connectivity index (χ0n) is 21.1. The normalized spacial score (nSPS) is 37.2. The van der Waals surface area contributed by atoms with Crippen molar-refractivity contribution in [1.82, 2.24) is 0 Å². The van der Waals surface area contributed by atoms with Gasteiger partial charge in [0.15, 0.2) is 5.78 Å². The van der Waals surface area contributed by atoms with Gasteiger partial charge in [0.2, 0.25) is 0 Å². The monoisotopic (exact) mass is 482 g/mol. The molecule has 1 aliphatic heterocycles. The van der Waals surface area contributed by atoms with Crippen LogP contribution in [0.25, 0.3) is 0 Å². The average molecular weight is 483 g/mol. The van der Waals surface area contributed by atoms with Crippen LogP contribution in [0.1, 0.15) is 54.4 Å². The Kier molecular flexibility index (Phi) is 9.18. The first-order valence-corrected chi connectivity index (χ1v) is 11.8. The maximum Gasteiger partial charge on any atom is 0.333 e. The van der Waals surface area contributed by atoms with Crippen LogP contribution in [0.3, 0.4) is 0 Å². The topological polar surface area (TPSA) is 136 Å². The lowest BCUT2D eigenvalue weighted by Crippen LogP contribution is -2.58. The second kappa shape index (κ2) is 11.1. The summed E-state index contributed by atoms with van der Waals surface area (Å²) in [5.74, 6) is -6.86. The highest BCUT2D eigenvalue weighted by Gasteiger charge is 2.60. The van der Waals surface area contributed by atoms with E-state index in [4.69, 9.17) is 14.2 Å². The van der Waals surface area contributed by atoms with Gasteiger partial charge in [0.25, 0.3) is 0 Å². The molecule has 34 heavy (non-hydrogen) atoms. The Labute approximate surface area is 200 Å². The molecule has 2 aliphatic rings. The van der Waals surface area contributed by atoms with Gasteiger partial charge in [-0.1, -0.05) is 26.8 Å². The van der Waals surface area contributed by atoms with Crippen molar-refractivity contribution in [2.75, 3.05) is 13.7 Å². The minimum absolute atomic E-state index is 0.105. The number of aliphatic hydroxyl groups excluding tert-OH is 1. The summed E-state index contributed by atoms with van der Waals surface area (Å²) >= 11 is 0. The number of fused-ring (bicyclic) bond motifs is 1. The quantitative estimate of drug-likeness (QED) is 0.427. The van der Waals surface area contributed by atoms with Gasteiger partial charge in [0.05, 0.1) is 24.5 Å². The van der Waals surface area contributed by atoms with Crippen molar-refractivity contribution in [3.63, 3.8) is 0 Å². The van der Waals surface area contributed by atoms with E-state index in [0.29, 0.717) is 5.57 Å². The predicted molar refractivity (Wildman–Crippen MR) is 121 cm³/mol. The van der Waals surface area contributed by atoms with Crippen LogP contribution in [-0.4, -0.2) is 71.3 Å². The molecule has 192 valence electrons. The van der Waals surface area contributed by atoms with Crippen LogP contribution in [0, 0.1) is 29.6 Å². The molecule has 0 spiro atoms. The molecule has 1 saturated heterocycles. The van der Waals surface area contributed by atoms with E-state index in [1.54, 1.807) is 40.7 Å². The maximum atomic E-state index is 13.3. The molecule has 0 amide bonds. The minimum Gasteiger partial charge on any atom is -0.461 e. The number of ether oxygens (including phenoxy) is 3. The van der Waals surface area contributed by atoms with Gasteiger partial charge >= 0.3 is 11.9 Å². The third kappa shape index (κ3) is 5.42. The number of aliphatic hydroxyl groups is 2. The summed E-state index contributed by atoms with van der Waals surface area (Å²) < 4.78 is 16.5. The van der Waals surface area contributed by atoms with Gasteiger partial charge in [-0.25, -0.2) is 4.79 Å². The Balaban J connectivity index is 2.67. The van der Waals surface area contributed by atoms with Crippen LogP contribution in [0.5, 0.6) is 0 Å². The molecule has 1 saturated carbocycles. The van der Waals surface area contributed by atoms with Crippen LogP contribution in [0.4, 0.5) is 0 Å². The number of Topliss-reactive ketones (excluding diaryl/α,β-unsaturated/α-hetero) is 2. The van der Waals surface area contributed by atoms with Crippen molar-refractivity contribution in [1.29, 1.82) is 0 Å². The minimum atomic E-state index is -2.11. The fourth-order valence-corrected chi connectivity index (χ4v) is 4.91. The maximum absolute atomic E-state index is 13.3. The van der Waals surface area contributed by atoms with E-state index < -0.39 is 77.0 Å². The van der Waals surface area contributed by atoms with Crippen molar-refractivity contribution >= 4 is 23.5 Å². The van der Waals surface area contributed by atoms with E-state index in [1.807, 2.05) is 0 Å². The summed E-state index contributed by atoms with van der Waals surface area (Å²) in [7, 11) is 1.39. The standard InChI is InChI=1S/C25H38O9/c1-8-13(4)23(29)33-21-14(5)9-10-16(26)25(6,31)18(19(27)12(2)3)22-17(20(21)28)15(11-32-7)24(30)34-22/h8,12,14-15,17-18,20-22,28,31H,9-11H2,1-7H3/b13-8-/t14-,15+,17?,18-,20+,21-,22?,25+/m1/s1. The highest BCUT2D eigenvalue weighted by atomic mass is 16.6. The van der Waals surface area contributed by atoms with Gasteiger partial charge in [-0.05, 0) is 33.1 Å². The van der Waals surface area contributed by atoms with Crippen LogP contribution in [0.2, 0.25) is 0 Å². The molecular formula is C25H38O9. The number of hydrogen-bond acceptors (Lipinski definition) is 9. The first-order chi connectivity index (χ1) is 15.8. The molecule has 2 N–H and O–H groups in total. The molecular weight excluding hydrogens is 444 g/mol. The highest BCUT2D eigenvalue weighted by molar-refractivity contribution is 5.96. The lowest BCUT2D eigenvalue weighted by Gasteiger charge is -2.42. The summed E-state index contributed by atoms with van der Waals surface area (Å²) in [5.41, 5.74) is -1.77. The number of ketones is 2. The predicted octanol–water partition coefficient (Wildman–Crippen LogP) is 1.62. The van der Waals surface area contributed by atoms with Crippen LogP contribution >= 0.6 is 0 Å². The molecule has 2 fully saturated rings. The van der Waals surface area contributed by atoms with Crippen molar-refractivity contribution in [2.24, 2.45) is 29.6 Å². The second-order valence-electron chi connectivity index (χ2n) is 9.99. The van der Waals surface area contributed by atoms with E-state index in [2.05, 4.69) is 0 Å². The van der Waals surface area contributed by atoms with E-state index in [1.165, 1.54) is 14.0 Å². The number of hydrogen-bond donors (Lipinski definition) is 2. The molecule has 8 atom stereocenters. The lowest BCUT2D eigenvalue weighted by atomic mass is 9.67. The molecule has 0 aromatic rings. The third-order valence-electron chi connectivity index (χ3n) is 7.24. The molecule has 2 rings (SSSR count). The van der Waals surface area contributed by atoms with Crippen LogP contribution in [-0.2, 0) is 33.4 Å². The Morgan fingerprint density at radius 3 is 2.44 bits per heavy atom. The smallest absolute Gasteiger partial charge is 0.333 e. The largest absolute Gasteiger partial charge is 0.461 e. The molecule has 0 aromatic carbocycles. The summed E-state index contributed by atoms with van der Waals surface area (Å²) in [6, 6.07) is 0. The van der Waals surface area contributed by atoms with Crippen LogP contribution < -0.4 is 0 Å². The Morgan fingerprint density at radius 2 is 1.91 bits per heavy atom. The zero-order chi connectivity index (χ0) is 26.0. The number of allylic oxidation sites excluding steroid dienone is 1. The SMILES string of the molecule is C/C=C(/C)C(=O)O[C@@H]1[C@H](C)CCC(=O)[C@](C)(O)[C@H](C(=O)C(C)C)C2OC(=O)[C@@H](COC)C2[C@@H]1O. The molecule has 0 bridgehead atoms. The van der Waals surface area contributed by atoms with Gasteiger partial charge in [-0.15, -0.1) is 0 Å². The van der Waals surface area contributed by atoms with Crippen molar-refractivity contribution in [3.05, 3.63) is 11.6 Å². The van der Waals surface area contributed by atoms with Crippen LogP contribution in [0.15, 0.2) is 11.6 Å². The Bertz CT molecular complexity index is 828. The molecule has 2 unspecified atom stereocenters. The van der Waals surface area contributed by atoms with Crippen molar-refractivity contribution in [2.45, 2.75) is 78.3 Å². The zero-order valence-corrected chi connectivity index (χ0v) is 21.1. The first kappa shape index (κ1) is 28.1.